The van der Waals surface area contributed by atoms with Crippen LogP contribution in [0.1, 0.15) is 29.3 Å². The van der Waals surface area contributed by atoms with E-state index in [1.54, 1.807) is 25.1 Å². The van der Waals surface area contributed by atoms with Gasteiger partial charge in [-0.2, -0.15) is 0 Å². The third-order valence-corrected chi connectivity index (χ3v) is 3.30. The molecule has 0 aliphatic heterocycles. The monoisotopic (exact) mass is 332 g/mol. The van der Waals surface area contributed by atoms with Crippen LogP contribution in [0.25, 0.3) is 0 Å². The summed E-state index contributed by atoms with van der Waals surface area (Å²) in [5.41, 5.74) is 1.18. The second-order valence-electron chi connectivity index (χ2n) is 3.61. The fourth-order valence-electron chi connectivity index (χ4n) is 1.58. The van der Waals surface area contributed by atoms with Crippen molar-refractivity contribution >= 4 is 39.3 Å². The summed E-state index contributed by atoms with van der Waals surface area (Å²) < 4.78 is 5.63. The average Bonchev–Trinajstić information content (AvgIpc) is 2.32. The van der Waals surface area contributed by atoms with Gasteiger partial charge in [0.05, 0.1) is 13.0 Å². The molecule has 0 saturated carbocycles. The van der Waals surface area contributed by atoms with Gasteiger partial charge < -0.3 is 4.74 Å². The first kappa shape index (κ1) is 15.2. The first-order valence-electron chi connectivity index (χ1n) is 5.62. The largest absolute Gasteiger partial charge is 0.466 e. The second-order valence-corrected chi connectivity index (χ2v) is 4.84. The predicted octanol–water partition coefficient (Wildman–Crippen LogP) is 3.37. The van der Waals surface area contributed by atoms with Crippen LogP contribution in [0.15, 0.2) is 22.7 Å². The highest BCUT2D eigenvalue weighted by molar-refractivity contribution is 9.10. The van der Waals surface area contributed by atoms with Gasteiger partial charge in [0.1, 0.15) is 0 Å². The summed E-state index contributed by atoms with van der Waals surface area (Å²) in [5.74, 6) is -0.139. The number of ether oxygens (including phenoxy) is 1. The van der Waals surface area contributed by atoms with Gasteiger partial charge >= 0.3 is 5.97 Å². The Labute approximate surface area is 120 Å². The van der Waals surface area contributed by atoms with Crippen molar-refractivity contribution < 1.29 is 14.3 Å². The topological polar surface area (TPSA) is 43.4 Å². The Hall–Kier alpha value is -0.870. The summed E-state index contributed by atoms with van der Waals surface area (Å²) >= 11 is 8.92. The molecule has 3 nitrogen and oxygen atoms in total. The minimum absolute atomic E-state index is 0.0643. The van der Waals surface area contributed by atoms with E-state index in [-0.39, 0.29) is 30.5 Å². The number of esters is 1. The van der Waals surface area contributed by atoms with Crippen molar-refractivity contribution in [2.75, 3.05) is 12.5 Å². The quantitative estimate of drug-likeness (QED) is 0.455. The number of benzene rings is 1. The Morgan fingerprint density at radius 1 is 1.39 bits per heavy atom. The number of rotatable bonds is 6. The van der Waals surface area contributed by atoms with Gasteiger partial charge in [0.25, 0.3) is 0 Å². The summed E-state index contributed by atoms with van der Waals surface area (Å²) in [5, 5.41) is 0. The van der Waals surface area contributed by atoms with Crippen LogP contribution in [-0.4, -0.2) is 24.2 Å². The zero-order chi connectivity index (χ0) is 13.5. The van der Waals surface area contributed by atoms with E-state index in [4.69, 9.17) is 16.3 Å². The minimum Gasteiger partial charge on any atom is -0.466 e. The van der Waals surface area contributed by atoms with Crippen LogP contribution < -0.4 is 0 Å². The van der Waals surface area contributed by atoms with Crippen molar-refractivity contribution in [1.29, 1.82) is 0 Å². The van der Waals surface area contributed by atoms with E-state index in [0.717, 1.165) is 4.47 Å². The lowest BCUT2D eigenvalue weighted by Gasteiger charge is -2.10. The van der Waals surface area contributed by atoms with Crippen molar-refractivity contribution in [2.24, 2.45) is 0 Å². The standard InChI is InChI=1S/C13H14BrClO3/c1-2-18-13(17)8-10-9(12(16)6-7-15)4-3-5-11(10)14/h3-5H,2,6-8H2,1H3. The maximum absolute atomic E-state index is 11.9. The average molecular weight is 334 g/mol. The Morgan fingerprint density at radius 2 is 2.11 bits per heavy atom. The Balaban J connectivity index is 3.00. The number of carbonyl (C=O) groups is 2. The molecule has 0 unspecified atom stereocenters. The molecule has 5 heteroatoms. The number of alkyl halides is 1. The molecule has 0 heterocycles. The Bertz CT molecular complexity index is 446. The van der Waals surface area contributed by atoms with Crippen LogP contribution in [0.2, 0.25) is 0 Å². The van der Waals surface area contributed by atoms with Crippen molar-refractivity contribution in [3.8, 4) is 0 Å². The van der Waals surface area contributed by atoms with E-state index in [2.05, 4.69) is 15.9 Å². The Kier molecular flexibility index (Phi) is 6.36. The smallest absolute Gasteiger partial charge is 0.310 e. The van der Waals surface area contributed by atoms with E-state index in [0.29, 0.717) is 17.7 Å². The zero-order valence-corrected chi connectivity index (χ0v) is 12.4. The number of carbonyl (C=O) groups excluding carboxylic acids is 2. The highest BCUT2D eigenvalue weighted by Gasteiger charge is 2.16. The molecule has 18 heavy (non-hydrogen) atoms. The molecule has 98 valence electrons. The number of hydrogen-bond donors (Lipinski definition) is 0. The van der Waals surface area contributed by atoms with E-state index >= 15 is 0 Å². The molecule has 1 rings (SSSR count). The number of Topliss-reactive ketones (excluding diaryl/α,β-unsaturated/α-hetero) is 1. The zero-order valence-electron chi connectivity index (χ0n) is 10.0. The van der Waals surface area contributed by atoms with Crippen LogP contribution in [0.3, 0.4) is 0 Å². The predicted molar refractivity (Wildman–Crippen MR) is 74.1 cm³/mol. The molecule has 1 aromatic carbocycles. The maximum atomic E-state index is 11.9. The van der Waals surface area contributed by atoms with Gasteiger partial charge in [-0.3, -0.25) is 9.59 Å². The Morgan fingerprint density at radius 3 is 2.72 bits per heavy atom. The minimum atomic E-state index is -0.343. The van der Waals surface area contributed by atoms with Gasteiger partial charge in [-0.25, -0.2) is 0 Å². The molecule has 0 bridgehead atoms. The lowest BCUT2D eigenvalue weighted by Crippen LogP contribution is -2.12. The summed E-state index contributed by atoms with van der Waals surface area (Å²) in [7, 11) is 0. The molecule has 0 aliphatic carbocycles. The van der Waals surface area contributed by atoms with Gasteiger partial charge in [-0.1, -0.05) is 28.1 Å². The first-order chi connectivity index (χ1) is 8.60. The molecule has 0 aromatic heterocycles. The highest BCUT2D eigenvalue weighted by Crippen LogP contribution is 2.23. The molecule has 0 atom stereocenters. The van der Waals surface area contributed by atoms with Crippen LogP contribution >= 0.6 is 27.5 Å². The SMILES string of the molecule is CCOC(=O)Cc1c(Br)cccc1C(=O)CCCl. The summed E-state index contributed by atoms with van der Waals surface area (Å²) in [6.45, 7) is 2.08. The van der Waals surface area contributed by atoms with Gasteiger partial charge in [-0.05, 0) is 18.6 Å². The summed E-state index contributed by atoms with van der Waals surface area (Å²) in [4.78, 5) is 23.4. The van der Waals surface area contributed by atoms with Crippen LogP contribution in [-0.2, 0) is 16.0 Å². The van der Waals surface area contributed by atoms with Crippen molar-refractivity contribution in [2.45, 2.75) is 19.8 Å². The first-order valence-corrected chi connectivity index (χ1v) is 6.95. The molecule has 1 aromatic rings. The summed E-state index contributed by atoms with van der Waals surface area (Å²) in [6, 6.07) is 5.26. The molecular formula is C13H14BrClO3. The normalized spacial score (nSPS) is 10.2. The fraction of sp³-hybridized carbons (Fsp3) is 0.385. The molecule has 0 fully saturated rings. The highest BCUT2D eigenvalue weighted by atomic mass is 79.9. The lowest BCUT2D eigenvalue weighted by molar-refractivity contribution is -0.142. The van der Waals surface area contributed by atoms with Crippen molar-refractivity contribution in [3.05, 3.63) is 33.8 Å². The molecule has 0 aliphatic rings. The number of halogens is 2. The van der Waals surface area contributed by atoms with E-state index in [1.807, 2.05) is 0 Å². The molecule has 0 spiro atoms. The van der Waals surface area contributed by atoms with Gasteiger partial charge in [0, 0.05) is 22.3 Å². The number of hydrogen-bond acceptors (Lipinski definition) is 3. The van der Waals surface area contributed by atoms with E-state index in [9.17, 15) is 9.59 Å². The maximum Gasteiger partial charge on any atom is 0.310 e. The van der Waals surface area contributed by atoms with Gasteiger partial charge in [-0.15, -0.1) is 11.6 Å². The molecule has 0 radical (unpaired) electrons. The van der Waals surface area contributed by atoms with Crippen LogP contribution in [0.5, 0.6) is 0 Å². The van der Waals surface area contributed by atoms with E-state index in [1.165, 1.54) is 0 Å². The third kappa shape index (κ3) is 4.10. The summed E-state index contributed by atoms with van der Waals surface area (Å²) in [6.07, 6.45) is 0.340. The van der Waals surface area contributed by atoms with Crippen LogP contribution in [0, 0.1) is 0 Å². The van der Waals surface area contributed by atoms with Gasteiger partial charge in [0.2, 0.25) is 0 Å². The van der Waals surface area contributed by atoms with E-state index < -0.39 is 0 Å². The fourth-order valence-corrected chi connectivity index (χ4v) is 2.25. The molecular weight excluding hydrogens is 319 g/mol. The van der Waals surface area contributed by atoms with Gasteiger partial charge in [0.15, 0.2) is 5.78 Å². The van der Waals surface area contributed by atoms with Crippen molar-refractivity contribution in [1.82, 2.24) is 0 Å². The number of ketones is 1. The third-order valence-electron chi connectivity index (χ3n) is 2.37. The van der Waals surface area contributed by atoms with Crippen LogP contribution in [0.4, 0.5) is 0 Å². The van der Waals surface area contributed by atoms with Crippen molar-refractivity contribution in [3.63, 3.8) is 0 Å². The lowest BCUT2D eigenvalue weighted by atomic mass is 10.00. The molecule has 0 N–H and O–H groups in total. The molecule has 0 saturated heterocycles. The second kappa shape index (κ2) is 7.54. The molecule has 0 amide bonds.